The van der Waals surface area contributed by atoms with Gasteiger partial charge >= 0.3 is 5.97 Å². The second-order valence-electron chi connectivity index (χ2n) is 7.50. The Balaban J connectivity index is 1.30. The maximum atomic E-state index is 13.5. The van der Waals surface area contributed by atoms with Crippen LogP contribution in [0.2, 0.25) is 0 Å². The van der Waals surface area contributed by atoms with Crippen LogP contribution in [0.5, 0.6) is 5.75 Å². The van der Waals surface area contributed by atoms with E-state index in [2.05, 4.69) is 10.3 Å². The molecule has 6 nitrogen and oxygen atoms in total. The SMILES string of the molecule is C[C@@H](OC(=O)c1ccc(OCc2ccccc2)cc1)C(=O)Nc1nc(-c2ccc(F)c(F)c2)cs1. The fourth-order valence-electron chi connectivity index (χ4n) is 3.04. The molecule has 0 aliphatic heterocycles. The van der Waals surface area contributed by atoms with Crippen LogP contribution < -0.4 is 10.1 Å². The number of carbonyl (C=O) groups is 2. The van der Waals surface area contributed by atoms with Gasteiger partial charge in [-0.1, -0.05) is 30.3 Å². The van der Waals surface area contributed by atoms with Gasteiger partial charge in [-0.05, 0) is 55.0 Å². The molecular weight excluding hydrogens is 474 g/mol. The molecule has 1 aromatic heterocycles. The summed E-state index contributed by atoms with van der Waals surface area (Å²) >= 11 is 1.11. The van der Waals surface area contributed by atoms with Gasteiger partial charge in [-0.15, -0.1) is 11.3 Å². The fraction of sp³-hybridized carbons (Fsp3) is 0.115. The number of anilines is 1. The van der Waals surface area contributed by atoms with Crippen LogP contribution in [0.3, 0.4) is 0 Å². The van der Waals surface area contributed by atoms with E-state index in [-0.39, 0.29) is 10.7 Å². The largest absolute Gasteiger partial charge is 0.489 e. The standard InChI is InChI=1S/C26H20F2N2O4S/c1-16(24(31)30-26-29-23(15-35-26)19-9-12-21(27)22(28)13-19)34-25(32)18-7-10-20(11-8-18)33-14-17-5-3-2-4-6-17/h2-13,15-16H,14H2,1H3,(H,29,30,31)/t16-/m1/s1. The van der Waals surface area contributed by atoms with Crippen molar-refractivity contribution in [3.05, 3.63) is 101 Å². The van der Waals surface area contributed by atoms with Crippen LogP contribution in [0.25, 0.3) is 11.3 Å². The van der Waals surface area contributed by atoms with E-state index in [1.165, 1.54) is 13.0 Å². The molecule has 1 amide bonds. The minimum atomic E-state index is -1.09. The molecule has 1 N–H and O–H groups in total. The molecule has 0 spiro atoms. The van der Waals surface area contributed by atoms with Crippen LogP contribution in [0.15, 0.2) is 78.2 Å². The molecule has 4 rings (SSSR count). The predicted molar refractivity (Wildman–Crippen MR) is 128 cm³/mol. The van der Waals surface area contributed by atoms with Crippen molar-refractivity contribution in [3.63, 3.8) is 0 Å². The minimum absolute atomic E-state index is 0.234. The average molecular weight is 495 g/mol. The third kappa shape index (κ3) is 6.27. The van der Waals surface area contributed by atoms with Gasteiger partial charge in [0.05, 0.1) is 11.3 Å². The molecule has 0 radical (unpaired) electrons. The van der Waals surface area contributed by atoms with Gasteiger partial charge in [0, 0.05) is 10.9 Å². The molecular formula is C26H20F2N2O4S. The van der Waals surface area contributed by atoms with Gasteiger partial charge in [0.1, 0.15) is 12.4 Å². The summed E-state index contributed by atoms with van der Waals surface area (Å²) in [6.45, 7) is 1.84. The van der Waals surface area contributed by atoms with Crippen LogP contribution in [0, 0.1) is 11.6 Å². The van der Waals surface area contributed by atoms with Gasteiger partial charge in [-0.25, -0.2) is 18.6 Å². The summed E-state index contributed by atoms with van der Waals surface area (Å²) in [5.41, 5.74) is 2.04. The maximum absolute atomic E-state index is 13.5. The zero-order valence-electron chi connectivity index (χ0n) is 18.5. The van der Waals surface area contributed by atoms with Crippen LogP contribution in [0.4, 0.5) is 13.9 Å². The number of esters is 1. The van der Waals surface area contributed by atoms with Crippen LogP contribution in [-0.4, -0.2) is 23.0 Å². The van der Waals surface area contributed by atoms with Crippen molar-refractivity contribution in [2.24, 2.45) is 0 Å². The fourth-order valence-corrected chi connectivity index (χ4v) is 3.76. The monoisotopic (exact) mass is 494 g/mol. The Morgan fingerprint density at radius 3 is 2.46 bits per heavy atom. The van der Waals surface area contributed by atoms with Crippen molar-refractivity contribution in [2.45, 2.75) is 19.6 Å². The van der Waals surface area contributed by atoms with Crippen molar-refractivity contribution in [1.82, 2.24) is 4.98 Å². The predicted octanol–water partition coefficient (Wildman–Crippen LogP) is 5.85. The number of carbonyl (C=O) groups excluding carboxylic acids is 2. The molecule has 0 aliphatic carbocycles. The highest BCUT2D eigenvalue weighted by Crippen LogP contribution is 2.26. The highest BCUT2D eigenvalue weighted by atomic mass is 32.1. The van der Waals surface area contributed by atoms with Gasteiger partial charge < -0.3 is 9.47 Å². The summed E-state index contributed by atoms with van der Waals surface area (Å²) in [5.74, 6) is -2.59. The molecule has 0 bridgehead atoms. The zero-order chi connectivity index (χ0) is 24.8. The number of hydrogen-bond acceptors (Lipinski definition) is 6. The highest BCUT2D eigenvalue weighted by Gasteiger charge is 2.20. The normalized spacial score (nSPS) is 11.5. The van der Waals surface area contributed by atoms with Gasteiger partial charge in [-0.2, -0.15) is 0 Å². The number of nitrogens with one attached hydrogen (secondary N) is 1. The Bertz CT molecular complexity index is 1330. The summed E-state index contributed by atoms with van der Waals surface area (Å²) in [7, 11) is 0. The average Bonchev–Trinajstić information content (AvgIpc) is 3.33. The number of aromatic nitrogens is 1. The molecule has 35 heavy (non-hydrogen) atoms. The number of rotatable bonds is 8. The van der Waals surface area contributed by atoms with Gasteiger partial charge in [0.2, 0.25) is 0 Å². The Morgan fingerprint density at radius 2 is 1.74 bits per heavy atom. The van der Waals surface area contributed by atoms with Crippen LogP contribution in [-0.2, 0) is 16.1 Å². The Labute approximate surface area is 204 Å². The lowest BCUT2D eigenvalue weighted by Crippen LogP contribution is -2.29. The first-order valence-electron chi connectivity index (χ1n) is 10.6. The molecule has 178 valence electrons. The topological polar surface area (TPSA) is 77.5 Å². The van der Waals surface area contributed by atoms with Crippen molar-refractivity contribution >= 4 is 28.3 Å². The molecule has 0 unspecified atom stereocenters. The van der Waals surface area contributed by atoms with E-state index in [0.29, 0.717) is 23.6 Å². The van der Waals surface area contributed by atoms with E-state index in [1.807, 2.05) is 30.3 Å². The van der Waals surface area contributed by atoms with E-state index in [9.17, 15) is 18.4 Å². The quantitative estimate of drug-likeness (QED) is 0.311. The lowest BCUT2D eigenvalue weighted by Gasteiger charge is -2.13. The van der Waals surface area contributed by atoms with E-state index in [0.717, 1.165) is 29.0 Å². The zero-order valence-corrected chi connectivity index (χ0v) is 19.4. The van der Waals surface area contributed by atoms with Crippen LogP contribution >= 0.6 is 11.3 Å². The Kier molecular flexibility index (Phi) is 7.47. The van der Waals surface area contributed by atoms with Crippen LogP contribution in [0.1, 0.15) is 22.8 Å². The number of ether oxygens (including phenoxy) is 2. The molecule has 9 heteroatoms. The first kappa shape index (κ1) is 24.0. The number of nitrogens with zero attached hydrogens (tertiary/aromatic N) is 1. The third-order valence-corrected chi connectivity index (χ3v) is 5.70. The van der Waals surface area contributed by atoms with E-state index >= 15 is 0 Å². The molecule has 4 aromatic rings. The van der Waals surface area contributed by atoms with Gasteiger partial charge in [-0.3, -0.25) is 10.1 Å². The summed E-state index contributed by atoms with van der Waals surface area (Å²) in [4.78, 5) is 29.1. The lowest BCUT2D eigenvalue weighted by atomic mass is 10.2. The van der Waals surface area contributed by atoms with E-state index in [4.69, 9.17) is 9.47 Å². The van der Waals surface area contributed by atoms with Gasteiger partial charge in [0.15, 0.2) is 22.9 Å². The second-order valence-corrected chi connectivity index (χ2v) is 8.36. The van der Waals surface area contributed by atoms with Crippen molar-refractivity contribution < 1.29 is 27.8 Å². The summed E-state index contributed by atoms with van der Waals surface area (Å²) < 4.78 is 37.5. The summed E-state index contributed by atoms with van der Waals surface area (Å²) in [5, 5.41) is 4.39. The number of thiazole rings is 1. The molecule has 0 fully saturated rings. The summed E-state index contributed by atoms with van der Waals surface area (Å²) in [6.07, 6.45) is -1.09. The smallest absolute Gasteiger partial charge is 0.338 e. The lowest BCUT2D eigenvalue weighted by molar-refractivity contribution is -0.123. The maximum Gasteiger partial charge on any atom is 0.338 e. The highest BCUT2D eigenvalue weighted by molar-refractivity contribution is 7.14. The first-order chi connectivity index (χ1) is 16.9. The number of benzene rings is 3. The Morgan fingerprint density at radius 1 is 1.00 bits per heavy atom. The molecule has 1 atom stereocenters. The number of hydrogen-bond donors (Lipinski definition) is 1. The molecule has 0 saturated heterocycles. The van der Waals surface area contributed by atoms with Gasteiger partial charge in [0.25, 0.3) is 5.91 Å². The molecule has 3 aromatic carbocycles. The van der Waals surface area contributed by atoms with Crippen molar-refractivity contribution in [1.29, 1.82) is 0 Å². The molecule has 0 saturated carbocycles. The Hall–Kier alpha value is -4.11. The minimum Gasteiger partial charge on any atom is -0.489 e. The third-order valence-electron chi connectivity index (χ3n) is 4.94. The van der Waals surface area contributed by atoms with E-state index < -0.39 is 29.6 Å². The van der Waals surface area contributed by atoms with Crippen molar-refractivity contribution in [2.75, 3.05) is 5.32 Å². The molecule has 1 heterocycles. The second kappa shape index (κ2) is 10.9. The number of halogens is 2. The van der Waals surface area contributed by atoms with Crippen molar-refractivity contribution in [3.8, 4) is 17.0 Å². The molecule has 0 aliphatic rings. The van der Waals surface area contributed by atoms with E-state index in [1.54, 1.807) is 29.6 Å². The number of amides is 1. The first-order valence-corrected chi connectivity index (χ1v) is 11.5. The summed E-state index contributed by atoms with van der Waals surface area (Å²) in [6, 6.07) is 19.5.